The van der Waals surface area contributed by atoms with E-state index >= 15 is 0 Å². The van der Waals surface area contributed by atoms with Crippen LogP contribution in [0.4, 0.5) is 11.6 Å². The summed E-state index contributed by atoms with van der Waals surface area (Å²) < 4.78 is 12.4. The van der Waals surface area contributed by atoms with Gasteiger partial charge < -0.3 is 19.7 Å². The third-order valence-electron chi connectivity index (χ3n) is 5.24. The number of rotatable bonds is 4. The largest absolute Gasteiger partial charge is 0.454 e. The van der Waals surface area contributed by atoms with E-state index in [4.69, 9.17) is 9.47 Å². The van der Waals surface area contributed by atoms with Gasteiger partial charge in [0.05, 0.1) is 5.69 Å². The number of fused-ring (bicyclic) bond motifs is 1. The first-order valence-corrected chi connectivity index (χ1v) is 9.57. The summed E-state index contributed by atoms with van der Waals surface area (Å²) >= 11 is 0. The minimum atomic E-state index is -0.0577. The van der Waals surface area contributed by atoms with Gasteiger partial charge >= 0.3 is 0 Å². The highest BCUT2D eigenvalue weighted by atomic mass is 16.7. The highest BCUT2D eigenvalue weighted by molar-refractivity contribution is 5.93. The van der Waals surface area contributed by atoms with Gasteiger partial charge in [-0.15, -0.1) is 0 Å². The van der Waals surface area contributed by atoms with Crippen molar-refractivity contribution < 1.29 is 14.3 Å². The molecular formula is C20H20N6O3. The fourth-order valence-corrected chi connectivity index (χ4v) is 3.68. The van der Waals surface area contributed by atoms with E-state index < -0.39 is 0 Å². The number of ether oxygens (including phenoxy) is 2. The minimum Gasteiger partial charge on any atom is -0.454 e. The monoisotopic (exact) mass is 392 g/mol. The van der Waals surface area contributed by atoms with Crippen LogP contribution in [0.5, 0.6) is 11.5 Å². The number of hydrogen-bond acceptors (Lipinski definition) is 7. The van der Waals surface area contributed by atoms with E-state index in [9.17, 15) is 4.79 Å². The zero-order valence-electron chi connectivity index (χ0n) is 15.7. The van der Waals surface area contributed by atoms with Crippen molar-refractivity contribution in [3.05, 3.63) is 48.5 Å². The van der Waals surface area contributed by atoms with Crippen molar-refractivity contribution in [2.75, 3.05) is 30.1 Å². The van der Waals surface area contributed by atoms with E-state index in [1.807, 2.05) is 42.5 Å². The minimum absolute atomic E-state index is 0.0196. The second-order valence-corrected chi connectivity index (χ2v) is 7.04. The zero-order valence-corrected chi connectivity index (χ0v) is 15.7. The van der Waals surface area contributed by atoms with Crippen molar-refractivity contribution in [3.8, 4) is 17.2 Å². The Balaban J connectivity index is 1.22. The molecular weight excluding hydrogens is 372 g/mol. The molecule has 9 nitrogen and oxygen atoms in total. The summed E-state index contributed by atoms with van der Waals surface area (Å²) in [6, 6.07) is 15.2. The van der Waals surface area contributed by atoms with Crippen LogP contribution in [0.1, 0.15) is 12.8 Å². The third kappa shape index (κ3) is 3.46. The summed E-state index contributed by atoms with van der Waals surface area (Å²) in [5.74, 6) is 2.02. The van der Waals surface area contributed by atoms with E-state index in [1.54, 1.807) is 10.7 Å². The molecule has 0 atom stereocenters. The second-order valence-electron chi connectivity index (χ2n) is 7.04. The maximum Gasteiger partial charge on any atom is 0.250 e. The number of amides is 1. The van der Waals surface area contributed by atoms with Gasteiger partial charge in [0.1, 0.15) is 0 Å². The molecule has 0 radical (unpaired) electrons. The molecule has 1 saturated heterocycles. The van der Waals surface area contributed by atoms with Crippen LogP contribution >= 0.6 is 0 Å². The number of anilines is 2. The Bertz CT molecular complexity index is 1010. The molecule has 1 N–H and O–H groups in total. The van der Waals surface area contributed by atoms with Crippen LogP contribution in [0.3, 0.4) is 0 Å². The standard InChI is InChI=1S/C20H20N6O3/c27-19(21-15-6-7-17-18(12-15)29-13-28-17)14-8-10-25(11-9-14)20-22-23-24-26(20)16-4-2-1-3-5-16/h1-7,12,14H,8-11,13H2,(H,21,27). The lowest BCUT2D eigenvalue weighted by molar-refractivity contribution is -0.120. The highest BCUT2D eigenvalue weighted by Gasteiger charge is 2.28. The number of nitrogens with zero attached hydrogens (tertiary/aromatic N) is 5. The van der Waals surface area contributed by atoms with E-state index in [0.717, 1.165) is 24.2 Å². The van der Waals surface area contributed by atoms with Crippen LogP contribution in [0.2, 0.25) is 0 Å². The maximum atomic E-state index is 12.7. The summed E-state index contributed by atoms with van der Waals surface area (Å²) in [4.78, 5) is 14.8. The Labute approximate surface area is 167 Å². The number of nitrogens with one attached hydrogen (secondary N) is 1. The number of hydrogen-bond donors (Lipinski definition) is 1. The normalized spacial score (nSPS) is 16.1. The molecule has 2 aliphatic heterocycles. The molecule has 3 aromatic rings. The SMILES string of the molecule is O=C(Nc1ccc2c(c1)OCO2)C1CCN(c2nnnn2-c2ccccc2)CC1. The Morgan fingerprint density at radius 1 is 1.03 bits per heavy atom. The molecule has 1 fully saturated rings. The van der Waals surface area contributed by atoms with Crippen LogP contribution in [0, 0.1) is 5.92 Å². The van der Waals surface area contributed by atoms with Crippen molar-refractivity contribution in [1.82, 2.24) is 20.2 Å². The number of carbonyl (C=O) groups excluding carboxylic acids is 1. The molecule has 0 aliphatic carbocycles. The van der Waals surface area contributed by atoms with Gasteiger partial charge in [0, 0.05) is 30.8 Å². The predicted molar refractivity (Wildman–Crippen MR) is 105 cm³/mol. The van der Waals surface area contributed by atoms with Gasteiger partial charge in [0.2, 0.25) is 18.6 Å². The average Bonchev–Trinajstić information content (AvgIpc) is 3.44. The number of para-hydroxylation sites is 1. The molecule has 1 amide bonds. The molecule has 0 saturated carbocycles. The lowest BCUT2D eigenvalue weighted by Crippen LogP contribution is -2.39. The van der Waals surface area contributed by atoms with Crippen LogP contribution < -0.4 is 19.7 Å². The average molecular weight is 392 g/mol. The molecule has 5 rings (SSSR count). The second kappa shape index (κ2) is 7.42. The molecule has 9 heteroatoms. The summed E-state index contributed by atoms with van der Waals surface area (Å²) in [5.41, 5.74) is 1.63. The van der Waals surface area contributed by atoms with Gasteiger partial charge in [-0.1, -0.05) is 23.3 Å². The van der Waals surface area contributed by atoms with Crippen molar-refractivity contribution in [3.63, 3.8) is 0 Å². The third-order valence-corrected chi connectivity index (χ3v) is 5.24. The first kappa shape index (κ1) is 17.5. The van der Waals surface area contributed by atoms with Crippen molar-refractivity contribution >= 4 is 17.5 Å². The van der Waals surface area contributed by atoms with E-state index in [0.29, 0.717) is 30.5 Å². The van der Waals surface area contributed by atoms with E-state index in [2.05, 4.69) is 25.7 Å². The Hall–Kier alpha value is -3.62. The van der Waals surface area contributed by atoms with Crippen LogP contribution in [-0.4, -0.2) is 46.0 Å². The number of aromatic nitrogens is 4. The molecule has 3 heterocycles. The molecule has 148 valence electrons. The smallest absolute Gasteiger partial charge is 0.250 e. The Morgan fingerprint density at radius 2 is 1.83 bits per heavy atom. The molecule has 1 aromatic heterocycles. The van der Waals surface area contributed by atoms with Gasteiger partial charge in [-0.3, -0.25) is 4.79 Å². The van der Waals surface area contributed by atoms with E-state index in [1.165, 1.54) is 0 Å². The predicted octanol–water partition coefficient (Wildman–Crippen LogP) is 2.25. The number of piperidine rings is 1. The van der Waals surface area contributed by atoms with Gasteiger partial charge in [0.25, 0.3) is 0 Å². The summed E-state index contributed by atoms with van der Waals surface area (Å²) in [6.07, 6.45) is 1.47. The maximum absolute atomic E-state index is 12.7. The van der Waals surface area contributed by atoms with Crippen molar-refractivity contribution in [2.24, 2.45) is 5.92 Å². The number of tetrazole rings is 1. The summed E-state index contributed by atoms with van der Waals surface area (Å²) in [6.45, 7) is 1.65. The Morgan fingerprint density at radius 3 is 2.66 bits per heavy atom. The summed E-state index contributed by atoms with van der Waals surface area (Å²) in [5, 5.41) is 15.1. The van der Waals surface area contributed by atoms with Crippen LogP contribution in [-0.2, 0) is 4.79 Å². The number of carbonyl (C=O) groups is 1. The molecule has 0 spiro atoms. The quantitative estimate of drug-likeness (QED) is 0.728. The molecule has 2 aromatic carbocycles. The van der Waals surface area contributed by atoms with Gasteiger partial charge in [0.15, 0.2) is 11.5 Å². The molecule has 2 aliphatic rings. The van der Waals surface area contributed by atoms with Gasteiger partial charge in [-0.2, -0.15) is 4.68 Å². The zero-order chi connectivity index (χ0) is 19.6. The van der Waals surface area contributed by atoms with Gasteiger partial charge in [-0.25, -0.2) is 0 Å². The first-order valence-electron chi connectivity index (χ1n) is 9.57. The molecule has 0 bridgehead atoms. The lowest BCUT2D eigenvalue weighted by Gasteiger charge is -2.31. The molecule has 0 unspecified atom stereocenters. The van der Waals surface area contributed by atoms with Crippen LogP contribution in [0.15, 0.2) is 48.5 Å². The Kier molecular flexibility index (Phi) is 4.47. The van der Waals surface area contributed by atoms with Crippen molar-refractivity contribution in [2.45, 2.75) is 12.8 Å². The summed E-state index contributed by atoms with van der Waals surface area (Å²) in [7, 11) is 0. The van der Waals surface area contributed by atoms with E-state index in [-0.39, 0.29) is 18.6 Å². The lowest BCUT2D eigenvalue weighted by atomic mass is 9.96. The van der Waals surface area contributed by atoms with Gasteiger partial charge in [-0.05, 0) is 47.5 Å². The molecule has 29 heavy (non-hydrogen) atoms. The van der Waals surface area contributed by atoms with Crippen LogP contribution in [0.25, 0.3) is 5.69 Å². The fraction of sp³-hybridized carbons (Fsp3) is 0.300. The number of benzene rings is 2. The first-order chi connectivity index (χ1) is 14.3. The highest BCUT2D eigenvalue weighted by Crippen LogP contribution is 2.34. The topological polar surface area (TPSA) is 94.4 Å². The van der Waals surface area contributed by atoms with Crippen molar-refractivity contribution in [1.29, 1.82) is 0 Å². The fourth-order valence-electron chi connectivity index (χ4n) is 3.68.